The summed E-state index contributed by atoms with van der Waals surface area (Å²) in [7, 11) is 2.20. The van der Waals surface area contributed by atoms with Gasteiger partial charge >= 0.3 is 0 Å². The fraction of sp³-hybridized carbons (Fsp3) is 0.414. The molecule has 5 N–H and O–H groups in total. The highest BCUT2D eigenvalue weighted by molar-refractivity contribution is 5.97. The van der Waals surface area contributed by atoms with Crippen molar-refractivity contribution < 1.29 is 9.90 Å². The van der Waals surface area contributed by atoms with Crippen LogP contribution in [0, 0.1) is 0 Å². The molecule has 2 aromatic carbocycles. The first-order valence-corrected chi connectivity index (χ1v) is 13.7. The Kier molecular flexibility index (Phi) is 8.55. The molecule has 0 aliphatic carbocycles. The van der Waals surface area contributed by atoms with Gasteiger partial charge in [-0.15, -0.1) is 0 Å². The van der Waals surface area contributed by atoms with E-state index in [1.54, 1.807) is 0 Å². The second-order valence-electron chi connectivity index (χ2n) is 10.2. The lowest BCUT2D eigenvalue weighted by atomic mass is 10.0. The third kappa shape index (κ3) is 6.47. The standard InChI is InChI=1S/C29H38N8O2/c1-35-16-18-37(19-17-35)24-11-14-36(15-12-24)23-9-7-22(8-10-23)32-29-26(27(30)39)33-25(21-5-3-2-4-6-21)28(34-29)31-13-20-38/h2-10,24,38H,11-20H2,1H3,(H2,30,39)(H2,31,32,34). The number of carbonyl (C=O) groups excluding carboxylic acids is 1. The number of nitrogens with zero attached hydrogens (tertiary/aromatic N) is 5. The van der Waals surface area contributed by atoms with Crippen LogP contribution in [-0.2, 0) is 0 Å². The smallest absolute Gasteiger partial charge is 0.271 e. The molecule has 0 saturated carbocycles. The summed E-state index contributed by atoms with van der Waals surface area (Å²) < 4.78 is 0. The Morgan fingerprint density at radius 1 is 0.949 bits per heavy atom. The molecular weight excluding hydrogens is 492 g/mol. The van der Waals surface area contributed by atoms with E-state index < -0.39 is 5.91 Å². The van der Waals surface area contributed by atoms with Gasteiger partial charge in [0.05, 0.1) is 6.61 Å². The van der Waals surface area contributed by atoms with Gasteiger partial charge in [-0.3, -0.25) is 9.69 Å². The van der Waals surface area contributed by atoms with Crippen LogP contribution in [0.15, 0.2) is 54.6 Å². The number of piperidine rings is 1. The maximum Gasteiger partial charge on any atom is 0.271 e. The van der Waals surface area contributed by atoms with Crippen LogP contribution >= 0.6 is 0 Å². The number of likely N-dealkylation sites (N-methyl/N-ethyl adjacent to an activating group) is 1. The number of hydrogen-bond acceptors (Lipinski definition) is 9. The number of rotatable bonds is 9. The minimum absolute atomic E-state index is 0.0541. The van der Waals surface area contributed by atoms with Crippen LogP contribution in [-0.4, -0.2) is 96.3 Å². The number of benzene rings is 2. The van der Waals surface area contributed by atoms with Gasteiger partial charge in [0.2, 0.25) is 0 Å². The van der Waals surface area contributed by atoms with Crippen molar-refractivity contribution in [1.82, 2.24) is 19.8 Å². The summed E-state index contributed by atoms with van der Waals surface area (Å²) in [5, 5.41) is 15.7. The second-order valence-corrected chi connectivity index (χ2v) is 10.2. The first kappa shape index (κ1) is 26.9. The fourth-order valence-electron chi connectivity index (χ4n) is 5.36. The molecule has 0 bridgehead atoms. The maximum absolute atomic E-state index is 12.3. The molecule has 0 spiro atoms. The van der Waals surface area contributed by atoms with Crippen molar-refractivity contribution in [3.8, 4) is 11.3 Å². The van der Waals surface area contributed by atoms with Gasteiger partial charge in [0, 0.05) is 68.8 Å². The van der Waals surface area contributed by atoms with Gasteiger partial charge in [0.1, 0.15) is 5.69 Å². The molecule has 2 aliphatic heterocycles. The number of amides is 1. The Balaban J connectivity index is 1.29. The summed E-state index contributed by atoms with van der Waals surface area (Å²) in [6.07, 6.45) is 2.36. The zero-order valence-electron chi connectivity index (χ0n) is 22.5. The van der Waals surface area contributed by atoms with E-state index in [0.717, 1.165) is 37.4 Å². The van der Waals surface area contributed by atoms with Gasteiger partial charge in [0.25, 0.3) is 5.91 Å². The molecule has 39 heavy (non-hydrogen) atoms. The Hall–Kier alpha value is -3.73. The van der Waals surface area contributed by atoms with Crippen LogP contribution in [0.3, 0.4) is 0 Å². The van der Waals surface area contributed by atoms with E-state index >= 15 is 0 Å². The SMILES string of the molecule is CN1CCN(C2CCN(c3ccc(Nc4nc(NCCO)c(-c5ccccc5)nc4C(N)=O)cc3)CC2)CC1. The highest BCUT2D eigenvalue weighted by Gasteiger charge is 2.27. The first-order valence-electron chi connectivity index (χ1n) is 13.7. The number of anilines is 4. The zero-order chi connectivity index (χ0) is 27.2. The number of carbonyl (C=O) groups is 1. The number of aliphatic hydroxyl groups is 1. The summed E-state index contributed by atoms with van der Waals surface area (Å²) in [5.74, 6) is 0.0571. The third-order valence-electron chi connectivity index (χ3n) is 7.59. The van der Waals surface area contributed by atoms with E-state index in [1.165, 1.54) is 31.6 Å². The molecule has 1 aromatic heterocycles. The van der Waals surface area contributed by atoms with E-state index in [2.05, 4.69) is 54.5 Å². The Morgan fingerprint density at radius 2 is 1.64 bits per heavy atom. The minimum Gasteiger partial charge on any atom is -0.395 e. The second kappa shape index (κ2) is 12.4. The Morgan fingerprint density at radius 3 is 2.28 bits per heavy atom. The summed E-state index contributed by atoms with van der Waals surface area (Å²) in [4.78, 5) is 29.1. The molecule has 1 amide bonds. The van der Waals surface area contributed by atoms with Crippen molar-refractivity contribution in [1.29, 1.82) is 0 Å². The van der Waals surface area contributed by atoms with Crippen LogP contribution < -0.4 is 21.3 Å². The van der Waals surface area contributed by atoms with Crippen LogP contribution in [0.4, 0.5) is 23.0 Å². The third-order valence-corrected chi connectivity index (χ3v) is 7.59. The summed E-state index contributed by atoms with van der Waals surface area (Å²) >= 11 is 0. The average Bonchev–Trinajstić information content (AvgIpc) is 2.97. The fourth-order valence-corrected chi connectivity index (χ4v) is 5.36. The molecule has 2 aliphatic rings. The minimum atomic E-state index is -0.671. The molecule has 5 rings (SSSR count). The lowest BCUT2D eigenvalue weighted by Gasteiger charge is -2.42. The largest absolute Gasteiger partial charge is 0.395 e. The van der Waals surface area contributed by atoms with Crippen LogP contribution in [0.2, 0.25) is 0 Å². The Labute approximate surface area is 229 Å². The number of hydrogen-bond donors (Lipinski definition) is 4. The first-order chi connectivity index (χ1) is 19.0. The number of primary amides is 1. The molecule has 2 fully saturated rings. The van der Waals surface area contributed by atoms with E-state index in [9.17, 15) is 9.90 Å². The number of nitrogens with two attached hydrogens (primary N) is 1. The molecule has 0 radical (unpaired) electrons. The van der Waals surface area contributed by atoms with Gasteiger partial charge in [-0.05, 0) is 44.2 Å². The predicted molar refractivity (Wildman–Crippen MR) is 156 cm³/mol. The highest BCUT2D eigenvalue weighted by Crippen LogP contribution is 2.30. The number of aliphatic hydroxyl groups excluding tert-OH is 1. The van der Waals surface area contributed by atoms with Crippen molar-refractivity contribution in [2.75, 3.05) is 75.0 Å². The van der Waals surface area contributed by atoms with Crippen molar-refractivity contribution in [3.63, 3.8) is 0 Å². The summed E-state index contributed by atoms with van der Waals surface area (Å²) in [6.45, 7) is 6.97. The van der Waals surface area contributed by atoms with Crippen molar-refractivity contribution in [3.05, 3.63) is 60.3 Å². The van der Waals surface area contributed by atoms with Crippen LogP contribution in [0.5, 0.6) is 0 Å². The summed E-state index contributed by atoms with van der Waals surface area (Å²) in [6, 6.07) is 18.3. The van der Waals surface area contributed by atoms with Crippen molar-refractivity contribution in [2.24, 2.45) is 5.73 Å². The summed E-state index contributed by atoms with van der Waals surface area (Å²) in [5.41, 5.74) is 9.01. The average molecular weight is 531 g/mol. The lowest BCUT2D eigenvalue weighted by molar-refractivity contribution is 0.0982. The van der Waals surface area contributed by atoms with Gasteiger partial charge < -0.3 is 31.3 Å². The van der Waals surface area contributed by atoms with E-state index in [0.29, 0.717) is 24.1 Å². The van der Waals surface area contributed by atoms with Crippen molar-refractivity contribution >= 4 is 28.9 Å². The molecule has 206 valence electrons. The number of nitrogens with one attached hydrogen (secondary N) is 2. The van der Waals surface area contributed by atoms with E-state index in [1.807, 2.05) is 42.5 Å². The van der Waals surface area contributed by atoms with E-state index in [4.69, 9.17) is 5.73 Å². The van der Waals surface area contributed by atoms with Crippen LogP contribution in [0.1, 0.15) is 23.3 Å². The normalized spacial score (nSPS) is 17.2. The van der Waals surface area contributed by atoms with Crippen LogP contribution in [0.25, 0.3) is 11.3 Å². The molecule has 10 heteroatoms. The predicted octanol–water partition coefficient (Wildman–Crippen LogP) is 2.61. The zero-order valence-corrected chi connectivity index (χ0v) is 22.5. The maximum atomic E-state index is 12.3. The van der Waals surface area contributed by atoms with Gasteiger partial charge in [-0.2, -0.15) is 0 Å². The molecule has 10 nitrogen and oxygen atoms in total. The molecule has 3 heterocycles. The molecule has 0 atom stereocenters. The number of piperazine rings is 1. The lowest BCUT2D eigenvalue weighted by Crippen LogP contribution is -2.52. The van der Waals surface area contributed by atoms with Gasteiger partial charge in [-0.25, -0.2) is 9.97 Å². The Bertz CT molecular complexity index is 1240. The van der Waals surface area contributed by atoms with E-state index in [-0.39, 0.29) is 18.1 Å². The van der Waals surface area contributed by atoms with Gasteiger partial charge in [-0.1, -0.05) is 30.3 Å². The van der Waals surface area contributed by atoms with Crippen molar-refractivity contribution in [2.45, 2.75) is 18.9 Å². The molecule has 2 saturated heterocycles. The quantitative estimate of drug-likeness (QED) is 0.331. The number of aromatic nitrogens is 2. The van der Waals surface area contributed by atoms with Gasteiger partial charge in [0.15, 0.2) is 17.3 Å². The topological polar surface area (TPSA) is 123 Å². The molecule has 0 unspecified atom stereocenters. The molecule has 3 aromatic rings. The highest BCUT2D eigenvalue weighted by atomic mass is 16.3. The monoisotopic (exact) mass is 530 g/mol. The molecular formula is C29H38N8O2.